The number of rotatable bonds is 7. The summed E-state index contributed by atoms with van der Waals surface area (Å²) in [5, 5.41) is 2.77. The molecule has 0 aromatic heterocycles. The smallest absolute Gasteiger partial charge is 0.407 e. The van der Waals surface area contributed by atoms with Gasteiger partial charge >= 0.3 is 6.09 Å². The molecule has 0 saturated heterocycles. The van der Waals surface area contributed by atoms with Crippen molar-refractivity contribution in [2.45, 2.75) is 52.7 Å². The van der Waals surface area contributed by atoms with E-state index >= 15 is 0 Å². The van der Waals surface area contributed by atoms with Crippen LogP contribution in [0.1, 0.15) is 45.2 Å². The molecule has 0 fully saturated rings. The minimum atomic E-state index is -0.459. The second-order valence-corrected chi connectivity index (χ2v) is 6.67. The number of nitrogens with one attached hydrogen (secondary N) is 1. The van der Waals surface area contributed by atoms with E-state index in [2.05, 4.69) is 48.5 Å². The SMILES string of the molecule is CCN(C)CCCc1ccc(CNC(=O)OC(C)(C)C)cc1. The van der Waals surface area contributed by atoms with Crippen LogP contribution in [0.3, 0.4) is 0 Å². The van der Waals surface area contributed by atoms with Crippen molar-refractivity contribution >= 4 is 6.09 Å². The second-order valence-electron chi connectivity index (χ2n) is 6.67. The molecule has 1 amide bonds. The van der Waals surface area contributed by atoms with E-state index in [-0.39, 0.29) is 6.09 Å². The van der Waals surface area contributed by atoms with E-state index in [1.54, 1.807) is 0 Å². The van der Waals surface area contributed by atoms with Crippen LogP contribution in [0.25, 0.3) is 0 Å². The summed E-state index contributed by atoms with van der Waals surface area (Å²) in [6.07, 6.45) is 1.88. The molecule has 0 saturated carbocycles. The molecule has 0 heterocycles. The van der Waals surface area contributed by atoms with Gasteiger partial charge in [0.15, 0.2) is 0 Å². The molecule has 0 bridgehead atoms. The van der Waals surface area contributed by atoms with Gasteiger partial charge < -0.3 is 15.0 Å². The van der Waals surface area contributed by atoms with Gasteiger partial charge in [-0.3, -0.25) is 0 Å². The van der Waals surface area contributed by atoms with Crippen molar-refractivity contribution in [2.75, 3.05) is 20.1 Å². The lowest BCUT2D eigenvalue weighted by Crippen LogP contribution is -2.32. The summed E-state index contributed by atoms with van der Waals surface area (Å²) >= 11 is 0. The van der Waals surface area contributed by atoms with Gasteiger partial charge in [0, 0.05) is 6.54 Å². The minimum Gasteiger partial charge on any atom is -0.444 e. The van der Waals surface area contributed by atoms with Gasteiger partial charge in [0.1, 0.15) is 5.60 Å². The average Bonchev–Trinajstić information content (AvgIpc) is 2.44. The summed E-state index contributed by atoms with van der Waals surface area (Å²) in [6.45, 7) is 10.5. The van der Waals surface area contributed by atoms with E-state index in [1.165, 1.54) is 12.0 Å². The summed E-state index contributed by atoms with van der Waals surface area (Å²) in [5.74, 6) is 0. The van der Waals surface area contributed by atoms with Crippen molar-refractivity contribution in [1.29, 1.82) is 0 Å². The van der Waals surface area contributed by atoms with Gasteiger partial charge in [-0.05, 0) is 64.9 Å². The van der Waals surface area contributed by atoms with Crippen LogP contribution in [-0.2, 0) is 17.7 Å². The number of hydrogen-bond acceptors (Lipinski definition) is 3. The first-order valence-electron chi connectivity index (χ1n) is 8.03. The average molecular weight is 306 g/mol. The minimum absolute atomic E-state index is 0.376. The number of hydrogen-bond donors (Lipinski definition) is 1. The molecule has 1 rings (SSSR count). The van der Waals surface area contributed by atoms with E-state index in [9.17, 15) is 4.79 Å². The third-order valence-corrected chi connectivity index (χ3v) is 3.40. The Morgan fingerprint density at radius 3 is 2.32 bits per heavy atom. The standard InChI is InChI=1S/C18H30N2O2/c1-6-20(5)13-7-8-15-9-11-16(12-10-15)14-19-17(21)22-18(2,3)4/h9-12H,6-8,13-14H2,1-5H3,(H,19,21). The highest BCUT2D eigenvalue weighted by molar-refractivity contribution is 5.67. The van der Waals surface area contributed by atoms with Crippen molar-refractivity contribution in [2.24, 2.45) is 0 Å². The highest BCUT2D eigenvalue weighted by atomic mass is 16.6. The van der Waals surface area contributed by atoms with E-state index in [4.69, 9.17) is 4.74 Å². The van der Waals surface area contributed by atoms with E-state index < -0.39 is 5.60 Å². The lowest BCUT2D eigenvalue weighted by atomic mass is 10.1. The maximum absolute atomic E-state index is 11.6. The van der Waals surface area contributed by atoms with Crippen LogP contribution in [0.2, 0.25) is 0 Å². The molecule has 0 aliphatic heterocycles. The van der Waals surface area contributed by atoms with Crippen LogP contribution in [0.4, 0.5) is 4.79 Å². The van der Waals surface area contributed by atoms with Crippen LogP contribution in [0.5, 0.6) is 0 Å². The van der Waals surface area contributed by atoms with Crippen molar-refractivity contribution < 1.29 is 9.53 Å². The Balaban J connectivity index is 2.34. The molecule has 0 atom stereocenters. The van der Waals surface area contributed by atoms with Crippen LogP contribution < -0.4 is 5.32 Å². The topological polar surface area (TPSA) is 41.6 Å². The maximum atomic E-state index is 11.6. The molecule has 0 aliphatic carbocycles. The maximum Gasteiger partial charge on any atom is 0.407 e. The molecule has 1 aromatic rings. The number of ether oxygens (including phenoxy) is 1. The Kier molecular flexibility index (Phi) is 7.39. The van der Waals surface area contributed by atoms with E-state index in [0.29, 0.717) is 6.54 Å². The summed E-state index contributed by atoms with van der Waals surface area (Å²) in [6, 6.07) is 8.41. The zero-order valence-electron chi connectivity index (χ0n) is 14.6. The molecular formula is C18H30N2O2. The normalized spacial score (nSPS) is 11.5. The van der Waals surface area contributed by atoms with Crippen molar-refractivity contribution in [3.05, 3.63) is 35.4 Å². The third kappa shape index (κ3) is 8.03. The van der Waals surface area contributed by atoms with E-state index in [0.717, 1.165) is 25.1 Å². The highest BCUT2D eigenvalue weighted by Crippen LogP contribution is 2.09. The van der Waals surface area contributed by atoms with Crippen molar-refractivity contribution in [3.8, 4) is 0 Å². The summed E-state index contributed by atoms with van der Waals surface area (Å²) in [4.78, 5) is 13.9. The predicted molar refractivity (Wildman–Crippen MR) is 91.0 cm³/mol. The van der Waals surface area contributed by atoms with E-state index in [1.807, 2.05) is 20.8 Å². The molecule has 0 unspecified atom stereocenters. The fourth-order valence-corrected chi connectivity index (χ4v) is 2.02. The molecule has 1 N–H and O–H groups in total. The Hall–Kier alpha value is -1.55. The van der Waals surface area contributed by atoms with Gasteiger partial charge in [0.2, 0.25) is 0 Å². The number of nitrogens with zero attached hydrogens (tertiary/aromatic N) is 1. The molecular weight excluding hydrogens is 276 g/mol. The van der Waals surface area contributed by atoms with Crippen molar-refractivity contribution in [1.82, 2.24) is 10.2 Å². The molecule has 0 radical (unpaired) electrons. The van der Waals surface area contributed by atoms with Gasteiger partial charge in [-0.2, -0.15) is 0 Å². The van der Waals surface area contributed by atoms with Gasteiger partial charge in [0.05, 0.1) is 0 Å². The van der Waals surface area contributed by atoms with Crippen LogP contribution in [0, 0.1) is 0 Å². The van der Waals surface area contributed by atoms with Gasteiger partial charge in [0.25, 0.3) is 0 Å². The zero-order valence-corrected chi connectivity index (χ0v) is 14.6. The summed E-state index contributed by atoms with van der Waals surface area (Å²) < 4.78 is 5.21. The molecule has 1 aromatic carbocycles. The molecule has 0 aliphatic rings. The quantitative estimate of drug-likeness (QED) is 0.837. The van der Waals surface area contributed by atoms with Crippen molar-refractivity contribution in [3.63, 3.8) is 0 Å². The van der Waals surface area contributed by atoms with Gasteiger partial charge in [-0.25, -0.2) is 4.79 Å². The van der Waals surface area contributed by atoms with Crippen LogP contribution in [0.15, 0.2) is 24.3 Å². The summed E-state index contributed by atoms with van der Waals surface area (Å²) in [7, 11) is 2.14. The Bertz CT molecular complexity index is 449. The molecule has 4 nitrogen and oxygen atoms in total. The van der Waals surface area contributed by atoms with Crippen LogP contribution in [-0.4, -0.2) is 36.7 Å². The highest BCUT2D eigenvalue weighted by Gasteiger charge is 2.15. The third-order valence-electron chi connectivity index (χ3n) is 3.40. The monoisotopic (exact) mass is 306 g/mol. The Labute approximate surface area is 134 Å². The number of aryl methyl sites for hydroxylation is 1. The first-order valence-corrected chi connectivity index (χ1v) is 8.03. The zero-order chi connectivity index (χ0) is 16.6. The lowest BCUT2D eigenvalue weighted by molar-refractivity contribution is 0.0523. The lowest BCUT2D eigenvalue weighted by Gasteiger charge is -2.19. The number of alkyl carbamates (subject to hydrolysis) is 1. The number of amides is 1. The van der Waals surface area contributed by atoms with Gasteiger partial charge in [-0.1, -0.05) is 31.2 Å². The predicted octanol–water partition coefficient (Wildman–Crippen LogP) is 3.60. The Morgan fingerprint density at radius 2 is 1.77 bits per heavy atom. The molecule has 124 valence electrons. The number of carbonyl (C=O) groups excluding carboxylic acids is 1. The fourth-order valence-electron chi connectivity index (χ4n) is 2.02. The van der Waals surface area contributed by atoms with Crippen LogP contribution >= 0.6 is 0 Å². The molecule has 4 heteroatoms. The first kappa shape index (κ1) is 18.5. The number of carbonyl (C=O) groups is 1. The van der Waals surface area contributed by atoms with Gasteiger partial charge in [-0.15, -0.1) is 0 Å². The molecule has 0 spiro atoms. The fraction of sp³-hybridized carbons (Fsp3) is 0.611. The molecule has 22 heavy (non-hydrogen) atoms. The Morgan fingerprint density at radius 1 is 1.18 bits per heavy atom. The largest absolute Gasteiger partial charge is 0.444 e. The number of benzene rings is 1. The first-order chi connectivity index (χ1) is 10.3. The second kappa shape index (κ2) is 8.79. The summed E-state index contributed by atoms with van der Waals surface area (Å²) in [5.41, 5.74) is 1.96.